The van der Waals surface area contributed by atoms with Gasteiger partial charge in [0.05, 0.1) is 6.61 Å². The maximum Gasteiger partial charge on any atom is 0.0546 e. The molecular weight excluding hydrogens is 260 g/mol. The Morgan fingerprint density at radius 3 is 2.67 bits per heavy atom. The van der Waals surface area contributed by atoms with Crippen LogP contribution in [0.2, 0.25) is 0 Å². The van der Waals surface area contributed by atoms with Crippen molar-refractivity contribution in [3.05, 3.63) is 0 Å². The topological polar surface area (TPSA) is 24.5 Å². The van der Waals surface area contributed by atoms with E-state index < -0.39 is 0 Å². The number of ether oxygens (including phenoxy) is 1. The third-order valence-electron chi connectivity index (χ3n) is 5.74. The second-order valence-corrected chi connectivity index (χ2v) is 8.61. The van der Waals surface area contributed by atoms with Gasteiger partial charge in [0.25, 0.3) is 0 Å². The summed E-state index contributed by atoms with van der Waals surface area (Å²) in [4.78, 5) is 2.73. The highest BCUT2D eigenvalue weighted by molar-refractivity contribution is 4.92. The third kappa shape index (κ3) is 4.67. The zero-order valence-electron chi connectivity index (χ0n) is 14.1. The van der Waals surface area contributed by atoms with Crippen molar-refractivity contribution < 1.29 is 4.74 Å². The van der Waals surface area contributed by atoms with Gasteiger partial charge in [-0.15, -0.1) is 0 Å². The third-order valence-corrected chi connectivity index (χ3v) is 5.74. The zero-order chi connectivity index (χ0) is 14.8. The van der Waals surface area contributed by atoms with E-state index in [0.29, 0.717) is 10.8 Å². The van der Waals surface area contributed by atoms with Crippen molar-refractivity contribution in [1.82, 2.24) is 10.2 Å². The van der Waals surface area contributed by atoms with Crippen LogP contribution in [0.15, 0.2) is 0 Å². The number of hydrogen-bond acceptors (Lipinski definition) is 3. The van der Waals surface area contributed by atoms with Gasteiger partial charge in [-0.1, -0.05) is 13.8 Å². The molecule has 0 aromatic carbocycles. The first-order valence-corrected chi connectivity index (χ1v) is 9.11. The fourth-order valence-corrected chi connectivity index (χ4v) is 3.99. The maximum atomic E-state index is 5.89. The standard InChI is InChI=1S/C18H34N2O/c1-17(2)7-3-10-20(11-9-17)14-18(8-4-12-21-15-18)13-19-16-5-6-16/h16,19H,3-15H2,1-2H3. The minimum absolute atomic E-state index is 0.370. The molecule has 21 heavy (non-hydrogen) atoms. The number of hydrogen-bond donors (Lipinski definition) is 1. The van der Waals surface area contributed by atoms with Gasteiger partial charge in [-0.3, -0.25) is 0 Å². The smallest absolute Gasteiger partial charge is 0.0546 e. The Balaban J connectivity index is 1.57. The van der Waals surface area contributed by atoms with Gasteiger partial charge in [-0.25, -0.2) is 0 Å². The lowest BCUT2D eigenvalue weighted by Gasteiger charge is -2.41. The molecule has 3 aliphatic rings. The Morgan fingerprint density at radius 1 is 1.10 bits per heavy atom. The molecule has 1 saturated carbocycles. The molecule has 2 aliphatic heterocycles. The monoisotopic (exact) mass is 294 g/mol. The second-order valence-electron chi connectivity index (χ2n) is 8.61. The predicted molar refractivity (Wildman–Crippen MR) is 87.6 cm³/mol. The van der Waals surface area contributed by atoms with Gasteiger partial charge in [-0.2, -0.15) is 0 Å². The predicted octanol–water partition coefficient (Wildman–Crippen LogP) is 3.05. The van der Waals surface area contributed by atoms with Gasteiger partial charge in [-0.05, 0) is 63.5 Å². The van der Waals surface area contributed by atoms with Crippen LogP contribution in [0.1, 0.15) is 58.8 Å². The molecule has 2 heterocycles. The first-order chi connectivity index (χ1) is 10.1. The molecule has 2 saturated heterocycles. The fraction of sp³-hybridized carbons (Fsp3) is 1.00. The minimum Gasteiger partial charge on any atom is -0.381 e. The number of nitrogens with zero attached hydrogens (tertiary/aromatic N) is 1. The first kappa shape index (κ1) is 15.8. The van der Waals surface area contributed by atoms with Crippen LogP contribution in [0.25, 0.3) is 0 Å². The van der Waals surface area contributed by atoms with Gasteiger partial charge < -0.3 is 15.0 Å². The Labute approximate surface area is 130 Å². The SMILES string of the molecule is CC1(C)CCCN(CC2(CNC3CC3)CCCOC2)CC1. The summed E-state index contributed by atoms with van der Waals surface area (Å²) in [6.07, 6.45) is 9.44. The molecule has 1 N–H and O–H groups in total. The summed E-state index contributed by atoms with van der Waals surface area (Å²) in [6, 6.07) is 0.812. The summed E-state index contributed by atoms with van der Waals surface area (Å²) in [7, 11) is 0. The Bertz CT molecular complexity index is 332. The van der Waals surface area contributed by atoms with Gasteiger partial charge in [0.15, 0.2) is 0 Å². The summed E-state index contributed by atoms with van der Waals surface area (Å²) in [5.41, 5.74) is 0.909. The molecule has 1 aliphatic carbocycles. The van der Waals surface area contributed by atoms with E-state index in [2.05, 4.69) is 24.1 Å². The highest BCUT2D eigenvalue weighted by Gasteiger charge is 2.37. The van der Waals surface area contributed by atoms with Crippen molar-refractivity contribution in [2.45, 2.75) is 64.8 Å². The van der Waals surface area contributed by atoms with E-state index in [1.165, 1.54) is 64.6 Å². The van der Waals surface area contributed by atoms with Crippen molar-refractivity contribution in [2.24, 2.45) is 10.8 Å². The van der Waals surface area contributed by atoms with Crippen LogP contribution in [0, 0.1) is 10.8 Å². The zero-order valence-corrected chi connectivity index (χ0v) is 14.1. The average molecular weight is 294 g/mol. The average Bonchev–Trinajstić information content (AvgIpc) is 3.28. The number of nitrogens with one attached hydrogen (secondary N) is 1. The van der Waals surface area contributed by atoms with Crippen molar-refractivity contribution in [2.75, 3.05) is 39.4 Å². The van der Waals surface area contributed by atoms with Crippen molar-refractivity contribution >= 4 is 0 Å². The molecule has 0 aromatic rings. The molecule has 0 radical (unpaired) electrons. The molecule has 3 heteroatoms. The van der Waals surface area contributed by atoms with Gasteiger partial charge >= 0.3 is 0 Å². The van der Waals surface area contributed by atoms with Crippen LogP contribution in [0.3, 0.4) is 0 Å². The van der Waals surface area contributed by atoms with E-state index in [1.807, 2.05) is 0 Å². The summed E-state index contributed by atoms with van der Waals surface area (Å²) in [5, 5.41) is 3.78. The summed E-state index contributed by atoms with van der Waals surface area (Å²) < 4.78 is 5.89. The molecule has 0 aromatic heterocycles. The van der Waals surface area contributed by atoms with E-state index in [1.54, 1.807) is 0 Å². The highest BCUT2D eigenvalue weighted by Crippen LogP contribution is 2.34. The van der Waals surface area contributed by atoms with Crippen LogP contribution in [-0.4, -0.2) is 50.3 Å². The molecule has 0 spiro atoms. The van der Waals surface area contributed by atoms with E-state index in [4.69, 9.17) is 4.74 Å². The quantitative estimate of drug-likeness (QED) is 0.843. The van der Waals surface area contributed by atoms with Crippen LogP contribution in [0.4, 0.5) is 0 Å². The van der Waals surface area contributed by atoms with Crippen LogP contribution in [0.5, 0.6) is 0 Å². The van der Waals surface area contributed by atoms with E-state index in [-0.39, 0.29) is 0 Å². The molecule has 122 valence electrons. The first-order valence-electron chi connectivity index (χ1n) is 9.11. The fourth-order valence-electron chi connectivity index (χ4n) is 3.99. The maximum absolute atomic E-state index is 5.89. The normalized spacial score (nSPS) is 34.6. The second kappa shape index (κ2) is 6.55. The molecule has 1 atom stereocenters. The van der Waals surface area contributed by atoms with Crippen LogP contribution < -0.4 is 5.32 Å². The number of rotatable bonds is 5. The van der Waals surface area contributed by atoms with Gasteiger partial charge in [0.2, 0.25) is 0 Å². The lowest BCUT2D eigenvalue weighted by molar-refractivity contribution is -0.0262. The van der Waals surface area contributed by atoms with Gasteiger partial charge in [0, 0.05) is 31.2 Å². The lowest BCUT2D eigenvalue weighted by atomic mass is 9.81. The Hall–Kier alpha value is -0.120. The highest BCUT2D eigenvalue weighted by atomic mass is 16.5. The minimum atomic E-state index is 0.370. The summed E-state index contributed by atoms with van der Waals surface area (Å²) >= 11 is 0. The molecular formula is C18H34N2O. The molecule has 0 bridgehead atoms. The van der Waals surface area contributed by atoms with E-state index in [9.17, 15) is 0 Å². The molecule has 0 amide bonds. The largest absolute Gasteiger partial charge is 0.381 e. The van der Waals surface area contributed by atoms with Crippen molar-refractivity contribution in [3.8, 4) is 0 Å². The summed E-state index contributed by atoms with van der Waals surface area (Å²) in [6.45, 7) is 11.8. The molecule has 3 fully saturated rings. The van der Waals surface area contributed by atoms with Crippen molar-refractivity contribution in [1.29, 1.82) is 0 Å². The van der Waals surface area contributed by atoms with Gasteiger partial charge in [0.1, 0.15) is 0 Å². The Morgan fingerprint density at radius 2 is 1.95 bits per heavy atom. The lowest BCUT2D eigenvalue weighted by Crippen LogP contribution is -2.49. The van der Waals surface area contributed by atoms with E-state index >= 15 is 0 Å². The molecule has 1 unspecified atom stereocenters. The van der Waals surface area contributed by atoms with E-state index in [0.717, 1.165) is 25.8 Å². The van der Waals surface area contributed by atoms with Crippen LogP contribution >= 0.6 is 0 Å². The summed E-state index contributed by atoms with van der Waals surface area (Å²) in [5.74, 6) is 0. The van der Waals surface area contributed by atoms with Crippen LogP contribution in [-0.2, 0) is 4.74 Å². The number of likely N-dealkylation sites (tertiary alicyclic amines) is 1. The van der Waals surface area contributed by atoms with Crippen molar-refractivity contribution in [3.63, 3.8) is 0 Å². The molecule has 3 rings (SSSR count). The molecule has 3 nitrogen and oxygen atoms in total. The Kier molecular flexibility index (Phi) is 4.92.